The van der Waals surface area contributed by atoms with E-state index >= 15 is 0 Å². The van der Waals surface area contributed by atoms with E-state index in [2.05, 4.69) is 15.5 Å². The van der Waals surface area contributed by atoms with Gasteiger partial charge in [-0.3, -0.25) is 0 Å². The van der Waals surface area contributed by atoms with E-state index in [0.717, 1.165) is 6.42 Å². The fraction of sp³-hybridized carbons (Fsp3) is 0.385. The highest BCUT2D eigenvalue weighted by molar-refractivity contribution is 5.77. The molecule has 7 nitrogen and oxygen atoms in total. The van der Waals surface area contributed by atoms with Gasteiger partial charge in [-0.2, -0.15) is 0 Å². The fourth-order valence-electron chi connectivity index (χ4n) is 2.32. The summed E-state index contributed by atoms with van der Waals surface area (Å²) < 4.78 is 6.97. The van der Waals surface area contributed by atoms with E-state index in [1.165, 1.54) is 4.68 Å². The zero-order chi connectivity index (χ0) is 14.0. The van der Waals surface area contributed by atoms with Crippen molar-refractivity contribution in [3.05, 3.63) is 36.2 Å². The van der Waals surface area contributed by atoms with Gasteiger partial charge in [0.05, 0.1) is 0 Å². The Morgan fingerprint density at radius 3 is 2.70 bits per heavy atom. The SMILES string of the molecule is O=C(O)C1(n2nnnc2COc2ccccc2)CCC1. The zero-order valence-corrected chi connectivity index (χ0v) is 10.8. The highest BCUT2D eigenvalue weighted by atomic mass is 16.5. The number of tetrazole rings is 1. The second-order valence-electron chi connectivity index (χ2n) is 4.80. The predicted octanol–water partition coefficient (Wildman–Crippen LogP) is 1.22. The number of carbonyl (C=O) groups is 1. The van der Waals surface area contributed by atoms with Crippen molar-refractivity contribution in [3.63, 3.8) is 0 Å². The summed E-state index contributed by atoms with van der Waals surface area (Å²) in [6.45, 7) is 0.145. The van der Waals surface area contributed by atoms with Gasteiger partial charge in [0, 0.05) is 0 Å². The number of hydrogen-bond acceptors (Lipinski definition) is 5. The number of para-hydroxylation sites is 1. The molecule has 2 aromatic rings. The van der Waals surface area contributed by atoms with Crippen LogP contribution in [0.2, 0.25) is 0 Å². The maximum Gasteiger partial charge on any atom is 0.331 e. The third kappa shape index (κ3) is 2.01. The fourth-order valence-corrected chi connectivity index (χ4v) is 2.32. The number of aliphatic carboxylic acids is 1. The van der Waals surface area contributed by atoms with Gasteiger partial charge in [0.1, 0.15) is 12.4 Å². The quantitative estimate of drug-likeness (QED) is 0.881. The van der Waals surface area contributed by atoms with Gasteiger partial charge in [-0.1, -0.05) is 18.2 Å². The largest absolute Gasteiger partial charge is 0.486 e. The van der Waals surface area contributed by atoms with Gasteiger partial charge >= 0.3 is 5.97 Å². The summed E-state index contributed by atoms with van der Waals surface area (Å²) in [5.41, 5.74) is -1.00. The first kappa shape index (κ1) is 12.6. The van der Waals surface area contributed by atoms with E-state index in [1.807, 2.05) is 30.3 Å². The molecule has 20 heavy (non-hydrogen) atoms. The molecular formula is C13H14N4O3. The van der Waals surface area contributed by atoms with Crippen molar-refractivity contribution in [2.75, 3.05) is 0 Å². The van der Waals surface area contributed by atoms with Crippen LogP contribution in [-0.2, 0) is 16.9 Å². The first-order valence-electron chi connectivity index (χ1n) is 6.41. The van der Waals surface area contributed by atoms with E-state index in [-0.39, 0.29) is 6.61 Å². The topological polar surface area (TPSA) is 90.1 Å². The monoisotopic (exact) mass is 274 g/mol. The minimum Gasteiger partial charge on any atom is -0.486 e. The van der Waals surface area contributed by atoms with Gasteiger partial charge in [0.25, 0.3) is 0 Å². The molecule has 1 fully saturated rings. The number of nitrogens with zero attached hydrogens (tertiary/aromatic N) is 4. The van der Waals surface area contributed by atoms with Gasteiger partial charge in [-0.25, -0.2) is 9.48 Å². The maximum absolute atomic E-state index is 11.5. The van der Waals surface area contributed by atoms with Gasteiger partial charge < -0.3 is 9.84 Å². The number of hydrogen-bond donors (Lipinski definition) is 1. The lowest BCUT2D eigenvalue weighted by Gasteiger charge is -2.37. The lowest BCUT2D eigenvalue weighted by molar-refractivity contribution is -0.153. The summed E-state index contributed by atoms with van der Waals surface area (Å²) in [5.74, 6) is 0.230. The molecule has 1 saturated carbocycles. The Balaban J connectivity index is 1.79. The van der Waals surface area contributed by atoms with Crippen molar-refractivity contribution in [1.29, 1.82) is 0 Å². The highest BCUT2D eigenvalue weighted by Crippen LogP contribution is 2.39. The molecule has 1 aromatic carbocycles. The zero-order valence-electron chi connectivity index (χ0n) is 10.8. The molecule has 104 valence electrons. The van der Waals surface area contributed by atoms with Crippen molar-refractivity contribution in [2.45, 2.75) is 31.4 Å². The smallest absolute Gasteiger partial charge is 0.331 e. The Morgan fingerprint density at radius 2 is 2.10 bits per heavy atom. The first-order valence-corrected chi connectivity index (χ1v) is 6.41. The Hall–Kier alpha value is -2.44. The summed E-state index contributed by atoms with van der Waals surface area (Å²) in [7, 11) is 0. The average molecular weight is 274 g/mol. The number of benzene rings is 1. The van der Waals surface area contributed by atoms with Gasteiger partial charge in [0.15, 0.2) is 11.4 Å². The van der Waals surface area contributed by atoms with E-state index in [4.69, 9.17) is 4.74 Å². The molecule has 0 aliphatic heterocycles. The van der Waals surface area contributed by atoms with E-state index in [9.17, 15) is 9.90 Å². The van der Waals surface area contributed by atoms with E-state index in [0.29, 0.717) is 24.4 Å². The van der Waals surface area contributed by atoms with Gasteiger partial charge in [-0.05, 0) is 41.8 Å². The summed E-state index contributed by atoms with van der Waals surface area (Å²) in [4.78, 5) is 11.5. The van der Waals surface area contributed by atoms with Gasteiger partial charge in [-0.15, -0.1) is 5.10 Å². The lowest BCUT2D eigenvalue weighted by Crippen LogP contribution is -2.49. The van der Waals surface area contributed by atoms with Crippen LogP contribution in [0.15, 0.2) is 30.3 Å². The molecule has 1 aliphatic rings. The molecule has 7 heteroatoms. The molecule has 0 spiro atoms. The Labute approximate surface area is 115 Å². The van der Waals surface area contributed by atoms with Crippen LogP contribution in [0.25, 0.3) is 0 Å². The van der Waals surface area contributed by atoms with Crippen LogP contribution in [0.3, 0.4) is 0 Å². The van der Waals surface area contributed by atoms with E-state index in [1.54, 1.807) is 0 Å². The van der Waals surface area contributed by atoms with Crippen LogP contribution in [-0.4, -0.2) is 31.3 Å². The Kier molecular flexibility index (Phi) is 3.09. The van der Waals surface area contributed by atoms with Crippen molar-refractivity contribution in [1.82, 2.24) is 20.2 Å². The molecule has 0 unspecified atom stereocenters. The predicted molar refractivity (Wildman–Crippen MR) is 68.1 cm³/mol. The number of carboxylic acids is 1. The number of rotatable bonds is 5. The average Bonchev–Trinajstić information content (AvgIpc) is 2.85. The molecule has 0 radical (unpaired) electrons. The molecule has 1 N–H and O–H groups in total. The number of aromatic nitrogens is 4. The molecule has 0 amide bonds. The summed E-state index contributed by atoms with van der Waals surface area (Å²) >= 11 is 0. The first-order chi connectivity index (χ1) is 9.72. The van der Waals surface area contributed by atoms with Crippen molar-refractivity contribution >= 4 is 5.97 Å². The molecule has 0 atom stereocenters. The third-order valence-electron chi connectivity index (χ3n) is 3.63. The normalized spacial score (nSPS) is 16.4. The minimum absolute atomic E-state index is 0.145. The molecule has 1 heterocycles. The van der Waals surface area contributed by atoms with Crippen molar-refractivity contribution in [2.24, 2.45) is 0 Å². The van der Waals surface area contributed by atoms with Gasteiger partial charge in [0.2, 0.25) is 0 Å². The van der Waals surface area contributed by atoms with Crippen LogP contribution >= 0.6 is 0 Å². The van der Waals surface area contributed by atoms with Crippen LogP contribution in [0.1, 0.15) is 25.1 Å². The number of carboxylic acid groups (broad SMARTS) is 1. The lowest BCUT2D eigenvalue weighted by atomic mass is 9.77. The van der Waals surface area contributed by atoms with Crippen LogP contribution < -0.4 is 4.74 Å². The second-order valence-corrected chi connectivity index (χ2v) is 4.80. The van der Waals surface area contributed by atoms with Crippen LogP contribution in [0.5, 0.6) is 5.75 Å². The Morgan fingerprint density at radius 1 is 1.35 bits per heavy atom. The van der Waals surface area contributed by atoms with Crippen LogP contribution in [0, 0.1) is 0 Å². The molecule has 0 saturated heterocycles. The highest BCUT2D eigenvalue weighted by Gasteiger charge is 2.49. The second kappa shape index (κ2) is 4.92. The molecule has 3 rings (SSSR count). The minimum atomic E-state index is -1.00. The van der Waals surface area contributed by atoms with E-state index < -0.39 is 11.5 Å². The third-order valence-corrected chi connectivity index (χ3v) is 3.63. The summed E-state index contributed by atoms with van der Waals surface area (Å²) in [5, 5.41) is 20.7. The molecule has 1 aromatic heterocycles. The molecule has 0 bridgehead atoms. The molecular weight excluding hydrogens is 260 g/mol. The maximum atomic E-state index is 11.5. The van der Waals surface area contributed by atoms with Crippen molar-refractivity contribution < 1.29 is 14.6 Å². The molecule has 1 aliphatic carbocycles. The number of ether oxygens (including phenoxy) is 1. The Bertz CT molecular complexity index is 607. The van der Waals surface area contributed by atoms with Crippen molar-refractivity contribution in [3.8, 4) is 5.75 Å². The summed E-state index contributed by atoms with van der Waals surface area (Å²) in [6, 6.07) is 9.27. The van der Waals surface area contributed by atoms with Crippen LogP contribution in [0.4, 0.5) is 0 Å². The summed E-state index contributed by atoms with van der Waals surface area (Å²) in [6.07, 6.45) is 1.96. The standard InChI is InChI=1S/C13H14N4O3/c18-12(19)13(7-4-8-13)17-11(14-15-16-17)9-20-10-5-2-1-3-6-10/h1-3,5-6H,4,7-9H2,(H,18,19).